The second-order valence-corrected chi connectivity index (χ2v) is 6.11. The molecule has 0 aliphatic heterocycles. The van der Waals surface area contributed by atoms with Crippen molar-refractivity contribution in [2.45, 2.75) is 6.42 Å². The van der Waals surface area contributed by atoms with Gasteiger partial charge in [0.15, 0.2) is 11.5 Å². The van der Waals surface area contributed by atoms with Gasteiger partial charge in [0.25, 0.3) is 0 Å². The van der Waals surface area contributed by atoms with Crippen molar-refractivity contribution in [1.29, 1.82) is 0 Å². The Kier molecular flexibility index (Phi) is 7.24. The first kappa shape index (κ1) is 20.0. The molecule has 6 nitrogen and oxygen atoms in total. The van der Waals surface area contributed by atoms with Crippen LogP contribution in [0.3, 0.4) is 0 Å². The van der Waals surface area contributed by atoms with E-state index in [4.69, 9.17) is 37.4 Å². The SMILES string of the molecule is COc1cc(NCCC(=O)Nc2ccc(Cl)cc2Cl)cc(OC)c1OC. The molecule has 0 aliphatic carbocycles. The van der Waals surface area contributed by atoms with Crippen LogP contribution in [0.2, 0.25) is 10.0 Å². The Bertz CT molecular complexity index is 759. The van der Waals surface area contributed by atoms with E-state index in [2.05, 4.69) is 10.6 Å². The van der Waals surface area contributed by atoms with Crippen LogP contribution in [0.4, 0.5) is 11.4 Å². The summed E-state index contributed by atoms with van der Waals surface area (Å²) in [6.45, 7) is 0.412. The van der Waals surface area contributed by atoms with Gasteiger partial charge in [0.1, 0.15) is 0 Å². The molecule has 0 atom stereocenters. The van der Waals surface area contributed by atoms with Crippen LogP contribution in [-0.4, -0.2) is 33.8 Å². The number of hydrogen-bond acceptors (Lipinski definition) is 5. The average Bonchev–Trinajstić information content (AvgIpc) is 2.63. The van der Waals surface area contributed by atoms with E-state index in [0.29, 0.717) is 39.5 Å². The maximum absolute atomic E-state index is 12.1. The number of rotatable bonds is 8. The van der Waals surface area contributed by atoms with Crippen molar-refractivity contribution in [3.63, 3.8) is 0 Å². The highest BCUT2D eigenvalue weighted by Crippen LogP contribution is 2.39. The van der Waals surface area contributed by atoms with Gasteiger partial charge in [-0.2, -0.15) is 0 Å². The topological polar surface area (TPSA) is 68.8 Å². The molecule has 26 heavy (non-hydrogen) atoms. The first-order chi connectivity index (χ1) is 12.5. The molecule has 0 heterocycles. The summed E-state index contributed by atoms with van der Waals surface area (Å²) in [7, 11) is 4.63. The van der Waals surface area contributed by atoms with E-state index in [-0.39, 0.29) is 12.3 Å². The molecule has 8 heteroatoms. The summed E-state index contributed by atoms with van der Waals surface area (Å²) in [4.78, 5) is 12.1. The third-order valence-electron chi connectivity index (χ3n) is 3.55. The van der Waals surface area contributed by atoms with Crippen LogP contribution in [0.25, 0.3) is 0 Å². The highest BCUT2D eigenvalue weighted by Gasteiger charge is 2.13. The number of carbonyl (C=O) groups excluding carboxylic acids is 1. The van der Waals surface area contributed by atoms with Gasteiger partial charge in [-0.05, 0) is 18.2 Å². The summed E-state index contributed by atoms with van der Waals surface area (Å²) in [6.07, 6.45) is 0.246. The van der Waals surface area contributed by atoms with Crippen molar-refractivity contribution in [1.82, 2.24) is 0 Å². The normalized spacial score (nSPS) is 10.2. The van der Waals surface area contributed by atoms with Gasteiger partial charge < -0.3 is 24.8 Å². The fourth-order valence-corrected chi connectivity index (χ4v) is 2.76. The quantitative estimate of drug-likeness (QED) is 0.686. The van der Waals surface area contributed by atoms with Crippen molar-refractivity contribution in [3.05, 3.63) is 40.4 Å². The van der Waals surface area contributed by atoms with Crippen LogP contribution in [0.5, 0.6) is 17.2 Å². The zero-order chi connectivity index (χ0) is 19.1. The Morgan fingerprint density at radius 3 is 2.19 bits per heavy atom. The van der Waals surface area contributed by atoms with Crippen LogP contribution < -0.4 is 24.8 Å². The summed E-state index contributed by atoms with van der Waals surface area (Å²) in [6, 6.07) is 8.45. The second-order valence-electron chi connectivity index (χ2n) is 5.26. The molecule has 2 N–H and O–H groups in total. The third-order valence-corrected chi connectivity index (χ3v) is 4.10. The molecule has 0 saturated carbocycles. The van der Waals surface area contributed by atoms with Gasteiger partial charge in [-0.25, -0.2) is 0 Å². The smallest absolute Gasteiger partial charge is 0.226 e. The van der Waals surface area contributed by atoms with Crippen molar-refractivity contribution < 1.29 is 19.0 Å². The van der Waals surface area contributed by atoms with Gasteiger partial charge in [0.2, 0.25) is 11.7 Å². The number of methoxy groups -OCH3 is 3. The van der Waals surface area contributed by atoms with Gasteiger partial charge in [0.05, 0.1) is 32.0 Å². The summed E-state index contributed by atoms with van der Waals surface area (Å²) in [5, 5.41) is 6.81. The lowest BCUT2D eigenvalue weighted by molar-refractivity contribution is -0.115. The Hall–Kier alpha value is -2.31. The predicted molar refractivity (Wildman–Crippen MR) is 104 cm³/mol. The van der Waals surface area contributed by atoms with Gasteiger partial charge in [0, 0.05) is 35.8 Å². The lowest BCUT2D eigenvalue weighted by atomic mass is 10.2. The molecule has 1 amide bonds. The first-order valence-electron chi connectivity index (χ1n) is 7.77. The van der Waals surface area contributed by atoms with E-state index in [0.717, 1.165) is 5.69 Å². The van der Waals surface area contributed by atoms with E-state index >= 15 is 0 Å². The first-order valence-corrected chi connectivity index (χ1v) is 8.52. The molecule has 0 aliphatic rings. The molecule has 0 spiro atoms. The molecule has 2 rings (SSSR count). The van der Waals surface area contributed by atoms with Gasteiger partial charge in [-0.15, -0.1) is 0 Å². The maximum Gasteiger partial charge on any atom is 0.226 e. The van der Waals surface area contributed by atoms with Gasteiger partial charge >= 0.3 is 0 Å². The van der Waals surface area contributed by atoms with Crippen molar-refractivity contribution in [3.8, 4) is 17.2 Å². The number of nitrogens with one attached hydrogen (secondary N) is 2. The lowest BCUT2D eigenvalue weighted by Crippen LogP contribution is -2.16. The second kappa shape index (κ2) is 9.40. The van der Waals surface area contributed by atoms with Crippen molar-refractivity contribution in [2.75, 3.05) is 38.5 Å². The van der Waals surface area contributed by atoms with E-state index in [9.17, 15) is 4.79 Å². The molecule has 0 saturated heterocycles. The highest BCUT2D eigenvalue weighted by atomic mass is 35.5. The summed E-state index contributed by atoms with van der Waals surface area (Å²) in [5.74, 6) is 1.41. The Balaban J connectivity index is 1.95. The van der Waals surface area contributed by atoms with Crippen LogP contribution in [0, 0.1) is 0 Å². The fraction of sp³-hybridized carbons (Fsp3) is 0.278. The number of ether oxygens (including phenoxy) is 3. The van der Waals surface area contributed by atoms with Crippen LogP contribution in [0.15, 0.2) is 30.3 Å². The number of carbonyl (C=O) groups is 1. The van der Waals surface area contributed by atoms with E-state index in [1.54, 1.807) is 51.7 Å². The zero-order valence-electron chi connectivity index (χ0n) is 14.7. The average molecular weight is 399 g/mol. The highest BCUT2D eigenvalue weighted by molar-refractivity contribution is 6.36. The Morgan fingerprint density at radius 2 is 1.65 bits per heavy atom. The van der Waals surface area contributed by atoms with E-state index < -0.39 is 0 Å². The monoisotopic (exact) mass is 398 g/mol. The van der Waals surface area contributed by atoms with Crippen molar-refractivity contribution in [2.24, 2.45) is 0 Å². The summed E-state index contributed by atoms with van der Waals surface area (Å²) in [5.41, 5.74) is 1.27. The minimum absolute atomic E-state index is 0.172. The fourth-order valence-electron chi connectivity index (χ4n) is 2.31. The predicted octanol–water partition coefficient (Wildman–Crippen LogP) is 4.46. The number of benzene rings is 2. The largest absolute Gasteiger partial charge is 0.493 e. The maximum atomic E-state index is 12.1. The molecule has 0 bridgehead atoms. The van der Waals surface area contributed by atoms with E-state index in [1.807, 2.05) is 0 Å². The van der Waals surface area contributed by atoms with Gasteiger partial charge in [-0.3, -0.25) is 4.79 Å². The van der Waals surface area contributed by atoms with Crippen LogP contribution in [0.1, 0.15) is 6.42 Å². The minimum atomic E-state index is -0.172. The molecule has 2 aromatic rings. The minimum Gasteiger partial charge on any atom is -0.493 e. The van der Waals surface area contributed by atoms with E-state index in [1.165, 1.54) is 0 Å². The molecule has 140 valence electrons. The number of anilines is 2. The van der Waals surface area contributed by atoms with Gasteiger partial charge in [-0.1, -0.05) is 23.2 Å². The molecule has 0 radical (unpaired) electrons. The molecule has 2 aromatic carbocycles. The number of amides is 1. The van der Waals surface area contributed by atoms with Crippen molar-refractivity contribution >= 4 is 40.5 Å². The molecular formula is C18H20Cl2N2O4. The van der Waals surface area contributed by atoms with Crippen LogP contribution in [-0.2, 0) is 4.79 Å². The Morgan fingerprint density at radius 1 is 1.00 bits per heavy atom. The summed E-state index contributed by atoms with van der Waals surface area (Å²) >= 11 is 11.9. The third kappa shape index (κ3) is 5.09. The number of halogens is 2. The lowest BCUT2D eigenvalue weighted by Gasteiger charge is -2.15. The zero-order valence-corrected chi connectivity index (χ0v) is 16.2. The number of hydrogen-bond donors (Lipinski definition) is 2. The van der Waals surface area contributed by atoms with Crippen LogP contribution >= 0.6 is 23.2 Å². The summed E-state index contributed by atoms with van der Waals surface area (Å²) < 4.78 is 15.9. The molecule has 0 unspecified atom stereocenters. The molecular weight excluding hydrogens is 379 g/mol. The molecule has 0 aromatic heterocycles. The standard InChI is InChI=1S/C18H20Cl2N2O4/c1-24-15-9-12(10-16(25-2)18(15)26-3)21-7-6-17(23)22-14-5-4-11(19)8-13(14)20/h4-5,8-10,21H,6-7H2,1-3H3,(H,22,23). The molecule has 0 fully saturated rings. The Labute approximate surface area is 162 Å².